The molecule has 4 aromatic rings. The quantitative estimate of drug-likeness (QED) is 0.159. The first-order valence-corrected chi connectivity index (χ1v) is 15.3. The molecule has 1 aliphatic carbocycles. The van der Waals surface area contributed by atoms with Gasteiger partial charge in [-0.15, -0.1) is 5.10 Å². The van der Waals surface area contributed by atoms with Crippen LogP contribution in [0.15, 0.2) is 59.8 Å². The van der Waals surface area contributed by atoms with Crippen molar-refractivity contribution in [3.8, 4) is 5.75 Å². The Morgan fingerprint density at radius 1 is 1.10 bits per heavy atom. The molecule has 0 unspecified atom stereocenters. The molecule has 0 aliphatic heterocycles. The van der Waals surface area contributed by atoms with Crippen LogP contribution in [0.5, 0.6) is 5.75 Å². The maximum atomic E-state index is 14.5. The molecule has 210 valence electrons. The minimum Gasteiger partial charge on any atom is -0.487 e. The Labute approximate surface area is 244 Å². The van der Waals surface area contributed by atoms with Gasteiger partial charge in [0.05, 0.1) is 17.3 Å². The number of hydrogen-bond donors (Lipinski definition) is 3. The third-order valence-electron chi connectivity index (χ3n) is 6.57. The van der Waals surface area contributed by atoms with E-state index in [4.69, 9.17) is 9.88 Å². The molecule has 2 heterocycles. The fraction of sp³-hybridized carbons (Fsp3) is 0.308. The molecule has 1 fully saturated rings. The molecule has 0 spiro atoms. The Bertz CT molecular complexity index is 1610. The highest BCUT2D eigenvalue weighted by atomic mass is 127. The van der Waals surface area contributed by atoms with Gasteiger partial charge in [-0.25, -0.2) is 27.6 Å². The van der Waals surface area contributed by atoms with E-state index in [1.165, 1.54) is 25.3 Å². The number of primary sulfonamides is 1. The second-order valence-electron chi connectivity index (χ2n) is 9.61. The van der Waals surface area contributed by atoms with Crippen molar-refractivity contribution in [1.29, 1.82) is 0 Å². The van der Waals surface area contributed by atoms with Crippen molar-refractivity contribution in [3.05, 3.63) is 71.9 Å². The predicted molar refractivity (Wildman–Crippen MR) is 157 cm³/mol. The van der Waals surface area contributed by atoms with Crippen molar-refractivity contribution in [1.82, 2.24) is 25.0 Å². The molecule has 4 N–H and O–H groups in total. The SMILES string of the molecule is Cc1ccc(Nc2ncc(F)c(Nc3ccc(OCc4cn(C5(I)CCCCC5)nn4)cc3)n2)cc1S(N)(=O)=O. The van der Waals surface area contributed by atoms with Gasteiger partial charge < -0.3 is 15.4 Å². The van der Waals surface area contributed by atoms with Gasteiger partial charge in [-0.2, -0.15) is 4.98 Å². The lowest BCUT2D eigenvalue weighted by Gasteiger charge is -2.31. The van der Waals surface area contributed by atoms with Gasteiger partial charge in [0.15, 0.2) is 11.6 Å². The van der Waals surface area contributed by atoms with Crippen LogP contribution in [0, 0.1) is 12.7 Å². The molecule has 40 heavy (non-hydrogen) atoms. The van der Waals surface area contributed by atoms with Crippen LogP contribution >= 0.6 is 22.6 Å². The number of halogens is 2. The van der Waals surface area contributed by atoms with Crippen LogP contribution in [-0.2, 0) is 20.2 Å². The number of aryl methyl sites for hydroxylation is 1. The molecule has 1 saturated carbocycles. The van der Waals surface area contributed by atoms with Crippen molar-refractivity contribution >= 4 is 55.8 Å². The minimum absolute atomic E-state index is 0.0194. The average Bonchev–Trinajstić information content (AvgIpc) is 3.41. The summed E-state index contributed by atoms with van der Waals surface area (Å²) in [5.41, 5.74) is 2.22. The molecular formula is C26H28FIN8O3S. The van der Waals surface area contributed by atoms with E-state index in [1.807, 2.05) is 10.9 Å². The fourth-order valence-electron chi connectivity index (χ4n) is 4.44. The molecule has 0 atom stereocenters. The lowest BCUT2D eigenvalue weighted by atomic mass is 9.95. The van der Waals surface area contributed by atoms with Crippen LogP contribution in [0.25, 0.3) is 0 Å². The van der Waals surface area contributed by atoms with Crippen LogP contribution in [0.3, 0.4) is 0 Å². The monoisotopic (exact) mass is 678 g/mol. The first kappa shape index (κ1) is 28.2. The summed E-state index contributed by atoms with van der Waals surface area (Å²) in [5.74, 6) is -0.0220. The summed E-state index contributed by atoms with van der Waals surface area (Å²) < 4.78 is 45.9. The highest BCUT2D eigenvalue weighted by molar-refractivity contribution is 14.1. The first-order valence-electron chi connectivity index (χ1n) is 12.6. The normalized spacial score (nSPS) is 15.0. The number of nitrogens with one attached hydrogen (secondary N) is 2. The van der Waals surface area contributed by atoms with Crippen molar-refractivity contribution < 1.29 is 17.5 Å². The van der Waals surface area contributed by atoms with Crippen LogP contribution in [0.1, 0.15) is 43.4 Å². The molecule has 5 rings (SSSR count). The number of nitrogens with two attached hydrogens (primary N) is 1. The number of ether oxygens (including phenoxy) is 1. The molecule has 0 radical (unpaired) electrons. The number of benzene rings is 2. The van der Waals surface area contributed by atoms with Gasteiger partial charge in [-0.3, -0.25) is 0 Å². The Balaban J connectivity index is 1.21. The Morgan fingerprint density at radius 3 is 2.55 bits per heavy atom. The number of anilines is 4. The largest absolute Gasteiger partial charge is 0.487 e. The van der Waals surface area contributed by atoms with Gasteiger partial charge >= 0.3 is 0 Å². The van der Waals surface area contributed by atoms with Crippen LogP contribution in [0.2, 0.25) is 0 Å². The lowest BCUT2D eigenvalue weighted by Crippen LogP contribution is -2.29. The molecule has 0 bridgehead atoms. The van der Waals surface area contributed by atoms with Crippen LogP contribution < -0.4 is 20.5 Å². The summed E-state index contributed by atoms with van der Waals surface area (Å²) in [6.07, 6.45) is 8.79. The molecule has 0 saturated heterocycles. The van der Waals surface area contributed by atoms with E-state index in [9.17, 15) is 12.8 Å². The third kappa shape index (κ3) is 6.67. The van der Waals surface area contributed by atoms with Crippen molar-refractivity contribution in [2.45, 2.75) is 54.1 Å². The van der Waals surface area contributed by atoms with Crippen LogP contribution in [0.4, 0.5) is 27.5 Å². The minimum atomic E-state index is -3.91. The van der Waals surface area contributed by atoms with Gasteiger partial charge in [0.1, 0.15) is 21.6 Å². The van der Waals surface area contributed by atoms with Gasteiger partial charge in [0.25, 0.3) is 0 Å². The van der Waals surface area contributed by atoms with E-state index in [1.54, 1.807) is 43.3 Å². The van der Waals surface area contributed by atoms with Gasteiger partial charge in [0, 0.05) is 11.4 Å². The third-order valence-corrected chi connectivity index (χ3v) is 9.20. The zero-order valence-electron chi connectivity index (χ0n) is 21.6. The zero-order chi connectivity index (χ0) is 28.3. The molecule has 0 amide bonds. The second kappa shape index (κ2) is 11.6. The number of aromatic nitrogens is 5. The van der Waals surface area contributed by atoms with Gasteiger partial charge in [-0.05, 0) is 61.7 Å². The lowest BCUT2D eigenvalue weighted by molar-refractivity contribution is 0.299. The summed E-state index contributed by atoms with van der Waals surface area (Å²) in [5, 5.41) is 19.7. The van der Waals surface area contributed by atoms with E-state index in [-0.39, 0.29) is 26.8 Å². The molecule has 2 aromatic carbocycles. The topological polar surface area (TPSA) is 150 Å². The predicted octanol–water partition coefficient (Wildman–Crippen LogP) is 5.28. The maximum Gasteiger partial charge on any atom is 0.238 e. The molecule has 2 aromatic heterocycles. The smallest absolute Gasteiger partial charge is 0.238 e. The summed E-state index contributed by atoms with van der Waals surface area (Å²) in [7, 11) is -3.91. The highest BCUT2D eigenvalue weighted by Crippen LogP contribution is 2.40. The molecular weight excluding hydrogens is 650 g/mol. The van der Waals surface area contributed by atoms with Gasteiger partial charge in [0.2, 0.25) is 16.0 Å². The van der Waals surface area contributed by atoms with E-state index >= 15 is 0 Å². The Hall–Kier alpha value is -3.37. The number of hydrogen-bond acceptors (Lipinski definition) is 9. The van der Waals surface area contributed by atoms with Crippen molar-refractivity contribution in [3.63, 3.8) is 0 Å². The average molecular weight is 679 g/mol. The van der Waals surface area contributed by atoms with E-state index in [2.05, 4.69) is 53.5 Å². The maximum absolute atomic E-state index is 14.5. The molecule has 1 aliphatic rings. The molecule has 14 heteroatoms. The molecule has 11 nitrogen and oxygen atoms in total. The highest BCUT2D eigenvalue weighted by Gasteiger charge is 2.32. The van der Waals surface area contributed by atoms with Crippen LogP contribution in [-0.4, -0.2) is 33.4 Å². The summed E-state index contributed by atoms with van der Waals surface area (Å²) in [6.45, 7) is 1.92. The first-order chi connectivity index (χ1) is 19.1. The van der Waals surface area contributed by atoms with E-state index in [0.717, 1.165) is 24.7 Å². The summed E-state index contributed by atoms with van der Waals surface area (Å²) in [4.78, 5) is 8.10. The van der Waals surface area contributed by atoms with Gasteiger partial charge in [-0.1, -0.05) is 53.1 Å². The number of sulfonamides is 1. The Kier molecular flexibility index (Phi) is 8.19. The second-order valence-corrected chi connectivity index (χ2v) is 13.1. The van der Waals surface area contributed by atoms with E-state index < -0.39 is 15.8 Å². The summed E-state index contributed by atoms with van der Waals surface area (Å²) in [6, 6.07) is 11.6. The fourth-order valence-corrected chi connectivity index (χ4v) is 6.25. The standard InChI is InChI=1S/C26H28FIN8O3S/c1-17-5-6-19(13-23(17)40(29,37)38)32-25-30-14-22(27)24(33-25)31-18-7-9-21(10-8-18)39-16-20-15-36(35-34-20)26(28)11-3-2-4-12-26/h5-10,13-15H,2-4,11-12,16H2,1H3,(H2,29,37,38)(H2,30,31,32,33). The zero-order valence-corrected chi connectivity index (χ0v) is 24.6. The van der Waals surface area contributed by atoms with E-state index in [0.29, 0.717) is 22.7 Å². The van der Waals surface area contributed by atoms with Crippen molar-refractivity contribution in [2.75, 3.05) is 10.6 Å². The van der Waals surface area contributed by atoms with Crippen molar-refractivity contribution in [2.24, 2.45) is 5.14 Å². The Morgan fingerprint density at radius 2 is 1.82 bits per heavy atom. The number of nitrogens with zero attached hydrogens (tertiary/aromatic N) is 5. The number of alkyl halides is 1. The number of rotatable bonds is 9. The summed E-state index contributed by atoms with van der Waals surface area (Å²) >= 11 is 2.48.